The summed E-state index contributed by atoms with van der Waals surface area (Å²) in [5.41, 5.74) is 1.86. The van der Waals surface area contributed by atoms with Gasteiger partial charge in [-0.1, -0.05) is 58.0 Å². The third-order valence-electron chi connectivity index (χ3n) is 4.75. The monoisotopic (exact) mass is 604 g/mol. The molecule has 0 radical (unpaired) electrons. The second-order valence-corrected chi connectivity index (χ2v) is 7.31. The molecule has 0 unspecified atom stereocenters. The van der Waals surface area contributed by atoms with Gasteiger partial charge >= 0.3 is 0 Å². The minimum atomic E-state index is 0.333. The Kier molecular flexibility index (Phi) is 25.5. The van der Waals surface area contributed by atoms with Gasteiger partial charge in [-0.25, -0.2) is 0 Å². The van der Waals surface area contributed by atoms with Crippen molar-refractivity contribution >= 4 is 37.2 Å². The molecule has 0 aliphatic heterocycles. The fraction of sp³-hybridized carbons (Fsp3) is 0.739. The van der Waals surface area contributed by atoms with E-state index in [4.69, 9.17) is 0 Å². The van der Waals surface area contributed by atoms with Crippen LogP contribution in [-0.2, 0) is 0 Å². The Morgan fingerprint density at radius 1 is 0.852 bits per heavy atom. The first-order valence-corrected chi connectivity index (χ1v) is 16.7. The molecule has 27 heavy (non-hydrogen) atoms. The highest BCUT2D eigenvalue weighted by Crippen LogP contribution is 2.32. The molecule has 2 rings (SSSR count). The summed E-state index contributed by atoms with van der Waals surface area (Å²) in [6, 6.07) is 11.7. The van der Waals surface area contributed by atoms with Crippen LogP contribution in [0.25, 0.3) is 0 Å². The predicted molar refractivity (Wildman–Crippen MR) is 145 cm³/mol. The van der Waals surface area contributed by atoms with Crippen molar-refractivity contribution in [1.29, 1.82) is 0 Å². The number of benzene rings is 1. The van der Waals surface area contributed by atoms with Crippen molar-refractivity contribution in [2.75, 3.05) is 21.1 Å². The van der Waals surface area contributed by atoms with E-state index < -0.39 is 0 Å². The molecule has 0 bridgehead atoms. The number of rotatable bonds is 2. The average Bonchev–Trinajstić information content (AvgIpc) is 2.73. The molecule has 1 aliphatic rings. The van der Waals surface area contributed by atoms with Crippen LogP contribution in [0.4, 0.5) is 0 Å². The topological polar surface area (TPSA) is 15.3 Å². The third-order valence-corrected chi connectivity index (χ3v) is 4.75. The zero-order valence-corrected chi connectivity index (χ0v) is 23.9. The summed E-state index contributed by atoms with van der Waals surface area (Å²) in [5, 5.41) is 3.38. The molecular weight excluding hydrogens is 558 g/mol. The van der Waals surface area contributed by atoms with Crippen LogP contribution >= 0.6 is 37.2 Å². The van der Waals surface area contributed by atoms with Crippen molar-refractivity contribution < 1.29 is 0 Å². The summed E-state index contributed by atoms with van der Waals surface area (Å²) in [5.74, 6) is 0.806. The summed E-state index contributed by atoms with van der Waals surface area (Å²) < 4.78 is 0. The Balaban J connectivity index is -0.000000378. The highest BCUT2D eigenvalue weighted by atomic mass is 128. The van der Waals surface area contributed by atoms with Gasteiger partial charge in [-0.05, 0) is 79.1 Å². The zero-order valence-electron chi connectivity index (χ0n) is 19.6. The van der Waals surface area contributed by atoms with E-state index in [0.29, 0.717) is 5.54 Å². The van der Waals surface area contributed by atoms with Crippen LogP contribution in [-0.4, -0.2) is 37.6 Å². The zero-order chi connectivity index (χ0) is 21.9. The molecule has 2 nitrogen and oxygen atoms in total. The van der Waals surface area contributed by atoms with Gasteiger partial charge in [-0.15, -0.1) is 0 Å². The highest BCUT2D eigenvalue weighted by Gasteiger charge is 2.20. The fourth-order valence-electron chi connectivity index (χ4n) is 2.44. The lowest BCUT2D eigenvalue weighted by atomic mass is 9.82. The van der Waals surface area contributed by atoms with E-state index in [1.165, 1.54) is 31.2 Å². The van der Waals surface area contributed by atoms with Gasteiger partial charge in [0.2, 0.25) is 0 Å². The van der Waals surface area contributed by atoms with E-state index in [-0.39, 0.29) is 0 Å². The molecule has 1 aromatic rings. The molecule has 0 saturated heterocycles. The van der Waals surface area contributed by atoms with Crippen LogP contribution < -0.4 is 5.32 Å². The number of hydrogen-bond acceptors (Lipinski definition) is 2. The minimum Gasteiger partial charge on any atom is -0.317 e. The SMILES string of the molecule is CC.CC.CN(C)C(C)(C)C.CNC1CCC(c2ccccc2)CC1.II. The van der Waals surface area contributed by atoms with Gasteiger partial charge in [0.25, 0.3) is 0 Å². The largest absolute Gasteiger partial charge is 0.317 e. The van der Waals surface area contributed by atoms with Gasteiger partial charge in [0.1, 0.15) is 0 Å². The molecule has 0 atom stereocenters. The molecule has 1 N–H and O–H groups in total. The van der Waals surface area contributed by atoms with Crippen LogP contribution in [0.5, 0.6) is 0 Å². The number of nitrogens with zero attached hydrogens (tertiary/aromatic N) is 1. The molecule has 0 amide bonds. The maximum absolute atomic E-state index is 3.38. The lowest BCUT2D eigenvalue weighted by Crippen LogP contribution is -2.34. The van der Waals surface area contributed by atoms with Crippen LogP contribution in [0.15, 0.2) is 30.3 Å². The van der Waals surface area contributed by atoms with Crippen LogP contribution in [0.2, 0.25) is 0 Å². The van der Waals surface area contributed by atoms with Crippen LogP contribution in [0, 0.1) is 0 Å². The Morgan fingerprint density at radius 3 is 1.52 bits per heavy atom. The first-order chi connectivity index (χ1) is 12.8. The van der Waals surface area contributed by atoms with Crippen molar-refractivity contribution in [3.05, 3.63) is 35.9 Å². The molecule has 4 heteroatoms. The van der Waals surface area contributed by atoms with E-state index in [0.717, 1.165) is 12.0 Å². The predicted octanol–water partition coefficient (Wildman–Crippen LogP) is 8.10. The maximum Gasteiger partial charge on any atom is 0.0118 e. The van der Waals surface area contributed by atoms with Crippen molar-refractivity contribution in [3.8, 4) is 0 Å². The van der Waals surface area contributed by atoms with Gasteiger partial charge in [-0.2, -0.15) is 0 Å². The molecule has 0 aromatic heterocycles. The molecule has 0 heterocycles. The lowest BCUT2D eigenvalue weighted by Gasteiger charge is -2.28. The van der Waals surface area contributed by atoms with Crippen molar-refractivity contribution in [2.45, 2.75) is 91.6 Å². The van der Waals surface area contributed by atoms with E-state index in [9.17, 15) is 0 Å². The quantitative estimate of drug-likeness (QED) is 0.344. The Hall–Kier alpha value is 0.600. The van der Waals surface area contributed by atoms with E-state index in [1.54, 1.807) is 0 Å². The fourth-order valence-corrected chi connectivity index (χ4v) is 2.44. The molecule has 1 fully saturated rings. The summed E-state index contributed by atoms with van der Waals surface area (Å²) in [4.78, 5) is 2.19. The second-order valence-electron chi connectivity index (χ2n) is 7.31. The number of nitrogens with one attached hydrogen (secondary N) is 1. The molecule has 1 aromatic carbocycles. The lowest BCUT2D eigenvalue weighted by molar-refractivity contribution is 0.219. The molecular formula is C23H46I2N2. The number of halogens is 2. The molecule has 162 valence electrons. The van der Waals surface area contributed by atoms with Crippen LogP contribution in [0.1, 0.15) is 85.6 Å². The summed E-state index contributed by atoms with van der Waals surface area (Å²) in [7, 11) is 6.24. The van der Waals surface area contributed by atoms with Crippen molar-refractivity contribution in [1.82, 2.24) is 10.2 Å². The van der Waals surface area contributed by atoms with Crippen molar-refractivity contribution in [3.63, 3.8) is 0 Å². The van der Waals surface area contributed by atoms with E-state index in [2.05, 4.69) is 120 Å². The first-order valence-electron chi connectivity index (χ1n) is 10.4. The molecule has 0 spiro atoms. The average molecular weight is 604 g/mol. The van der Waals surface area contributed by atoms with Crippen LogP contribution in [0.3, 0.4) is 0 Å². The molecule has 1 saturated carbocycles. The van der Waals surface area contributed by atoms with E-state index in [1.807, 2.05) is 27.7 Å². The first kappa shape index (κ1) is 32.3. The number of hydrogen-bond donors (Lipinski definition) is 1. The van der Waals surface area contributed by atoms with E-state index >= 15 is 0 Å². The van der Waals surface area contributed by atoms with Gasteiger partial charge in [0.05, 0.1) is 0 Å². The van der Waals surface area contributed by atoms with Gasteiger partial charge < -0.3 is 10.2 Å². The minimum absolute atomic E-state index is 0.333. The maximum atomic E-state index is 3.38. The highest BCUT2D eigenvalue weighted by molar-refractivity contribution is 15.0. The third kappa shape index (κ3) is 17.2. The van der Waals surface area contributed by atoms with Gasteiger partial charge in [-0.3, -0.25) is 0 Å². The van der Waals surface area contributed by atoms with Gasteiger partial charge in [0.15, 0.2) is 0 Å². The summed E-state index contributed by atoms with van der Waals surface area (Å²) >= 11 is 4.24. The Labute approximate surface area is 195 Å². The summed E-state index contributed by atoms with van der Waals surface area (Å²) in [6.07, 6.45) is 5.34. The van der Waals surface area contributed by atoms with Gasteiger partial charge in [0, 0.05) is 48.8 Å². The van der Waals surface area contributed by atoms with Crippen molar-refractivity contribution in [2.24, 2.45) is 0 Å². The molecule has 1 aliphatic carbocycles. The Bertz CT molecular complexity index is 381. The summed E-state index contributed by atoms with van der Waals surface area (Å²) in [6.45, 7) is 14.6. The smallest absolute Gasteiger partial charge is 0.0118 e. The normalized spacial score (nSPS) is 18.3. The standard InChI is InChI=1S/C13H19N.C6H15N.2C2H6.I2/c1-14-13-9-7-12(8-10-13)11-5-3-2-4-6-11;1-6(2,3)7(4)5;3*1-2/h2-6,12-14H,7-10H2,1H3;1-5H3;2*1-2H3;. The second kappa shape index (κ2) is 21.3. The Morgan fingerprint density at radius 2 is 1.22 bits per heavy atom.